The van der Waals surface area contributed by atoms with Crippen molar-refractivity contribution in [3.63, 3.8) is 0 Å². The molecule has 0 saturated carbocycles. The van der Waals surface area contributed by atoms with Gasteiger partial charge in [-0.2, -0.15) is 4.31 Å². The number of rotatable bonds is 5. The molecule has 1 aromatic heterocycles. The molecule has 1 aromatic carbocycles. The Kier molecular flexibility index (Phi) is 4.20. The lowest BCUT2D eigenvalue weighted by Gasteiger charge is -2.37. The van der Waals surface area contributed by atoms with Crippen LogP contribution in [0.1, 0.15) is 5.56 Å². The molecule has 0 amide bonds. The highest BCUT2D eigenvalue weighted by Crippen LogP contribution is 2.28. The van der Waals surface area contributed by atoms with E-state index in [1.54, 1.807) is 31.5 Å². The first-order chi connectivity index (χ1) is 11.4. The van der Waals surface area contributed by atoms with E-state index < -0.39 is 14.9 Å². The van der Waals surface area contributed by atoms with Crippen molar-refractivity contribution in [3.05, 3.63) is 58.4 Å². The largest absolute Gasteiger partial charge is 0.486 e. The zero-order valence-corrected chi connectivity index (χ0v) is 13.6. The van der Waals surface area contributed by atoms with E-state index in [1.165, 1.54) is 16.4 Å². The number of hydrogen-bond acceptors (Lipinski definition) is 6. The number of non-ortho nitro benzene ring substituents is 1. The fraction of sp³-hybridized carbons (Fsp3) is 0.267. The van der Waals surface area contributed by atoms with Crippen LogP contribution in [0, 0.1) is 17.0 Å². The quantitative estimate of drug-likeness (QED) is 0.602. The maximum Gasteiger partial charge on any atom is 0.270 e. The van der Waals surface area contributed by atoms with Gasteiger partial charge in [0.05, 0.1) is 29.1 Å². The van der Waals surface area contributed by atoms with Gasteiger partial charge in [-0.25, -0.2) is 8.42 Å². The van der Waals surface area contributed by atoms with Crippen LogP contribution >= 0.6 is 0 Å². The molecule has 0 bridgehead atoms. The van der Waals surface area contributed by atoms with E-state index in [2.05, 4.69) is 4.98 Å². The van der Waals surface area contributed by atoms with E-state index in [9.17, 15) is 18.5 Å². The van der Waals surface area contributed by atoms with Gasteiger partial charge in [0.25, 0.3) is 5.69 Å². The minimum atomic E-state index is -3.78. The Bertz CT molecular complexity index is 864. The number of nitro benzene ring substituents is 1. The summed E-state index contributed by atoms with van der Waals surface area (Å²) < 4.78 is 32.2. The normalized spacial score (nSPS) is 15.7. The SMILES string of the molecule is Cc1ccc([N+](=O)[O-])cc1S(=O)(=O)N1CC(Oc2cccnc2)C1. The van der Waals surface area contributed by atoms with Gasteiger partial charge in [0.1, 0.15) is 11.9 Å². The summed E-state index contributed by atoms with van der Waals surface area (Å²) in [6.07, 6.45) is 2.92. The minimum absolute atomic E-state index is 0.0449. The van der Waals surface area contributed by atoms with Crippen molar-refractivity contribution in [2.45, 2.75) is 17.9 Å². The molecule has 0 atom stereocenters. The van der Waals surface area contributed by atoms with Crippen LogP contribution in [0.25, 0.3) is 0 Å². The van der Waals surface area contributed by atoms with Gasteiger partial charge in [0.15, 0.2) is 0 Å². The molecule has 0 spiro atoms. The second-order valence-corrected chi connectivity index (χ2v) is 7.36. The number of sulfonamides is 1. The molecular weight excluding hydrogens is 334 g/mol. The molecule has 3 rings (SSSR count). The fourth-order valence-corrected chi connectivity index (χ4v) is 4.15. The molecule has 1 fully saturated rings. The van der Waals surface area contributed by atoms with Crippen LogP contribution in [-0.4, -0.2) is 41.8 Å². The Morgan fingerprint density at radius 2 is 2.08 bits per heavy atom. The zero-order valence-electron chi connectivity index (χ0n) is 12.8. The van der Waals surface area contributed by atoms with Crippen molar-refractivity contribution in [3.8, 4) is 5.75 Å². The summed E-state index contributed by atoms with van der Waals surface area (Å²) in [4.78, 5) is 14.1. The van der Waals surface area contributed by atoms with Gasteiger partial charge < -0.3 is 4.74 Å². The van der Waals surface area contributed by atoms with Gasteiger partial charge in [-0.05, 0) is 24.6 Å². The van der Waals surface area contributed by atoms with Gasteiger partial charge in [-0.1, -0.05) is 6.07 Å². The number of aromatic nitrogens is 1. The highest BCUT2D eigenvalue weighted by molar-refractivity contribution is 7.89. The van der Waals surface area contributed by atoms with Crippen LogP contribution in [0.5, 0.6) is 5.75 Å². The number of pyridine rings is 1. The fourth-order valence-electron chi connectivity index (χ4n) is 2.40. The van der Waals surface area contributed by atoms with Crippen molar-refractivity contribution in [2.75, 3.05) is 13.1 Å². The van der Waals surface area contributed by atoms with Gasteiger partial charge in [0.2, 0.25) is 10.0 Å². The molecule has 0 radical (unpaired) electrons. The van der Waals surface area contributed by atoms with E-state index in [0.717, 1.165) is 6.07 Å². The Hall–Kier alpha value is -2.52. The van der Waals surface area contributed by atoms with Gasteiger partial charge in [0, 0.05) is 18.3 Å². The standard InChI is InChI=1S/C15H15N3O5S/c1-11-4-5-12(18(19)20)7-15(11)24(21,22)17-9-14(10-17)23-13-3-2-6-16-8-13/h2-8,14H,9-10H2,1H3. The molecule has 0 N–H and O–H groups in total. The molecule has 2 aromatic rings. The molecule has 0 unspecified atom stereocenters. The number of hydrogen-bond donors (Lipinski definition) is 0. The molecule has 0 aliphatic carbocycles. The summed E-state index contributed by atoms with van der Waals surface area (Å²) >= 11 is 0. The van der Waals surface area contributed by atoms with Crippen molar-refractivity contribution >= 4 is 15.7 Å². The van der Waals surface area contributed by atoms with E-state index in [4.69, 9.17) is 4.74 Å². The van der Waals surface area contributed by atoms with Crippen molar-refractivity contribution in [1.29, 1.82) is 0 Å². The number of ether oxygens (including phenoxy) is 1. The summed E-state index contributed by atoms with van der Waals surface area (Å²) in [6.45, 7) is 2.00. The average molecular weight is 349 g/mol. The molecule has 8 nitrogen and oxygen atoms in total. The zero-order chi connectivity index (χ0) is 17.3. The monoisotopic (exact) mass is 349 g/mol. The smallest absolute Gasteiger partial charge is 0.270 e. The number of nitro groups is 1. The minimum Gasteiger partial charge on any atom is -0.486 e. The van der Waals surface area contributed by atoms with Crippen LogP contribution in [0.2, 0.25) is 0 Å². The highest BCUT2D eigenvalue weighted by atomic mass is 32.2. The van der Waals surface area contributed by atoms with E-state index in [-0.39, 0.29) is 29.8 Å². The van der Waals surface area contributed by atoms with Crippen LogP contribution in [0.3, 0.4) is 0 Å². The van der Waals surface area contributed by atoms with E-state index in [1.807, 2.05) is 0 Å². The Morgan fingerprint density at radius 1 is 1.33 bits per heavy atom. The summed E-state index contributed by atoms with van der Waals surface area (Å²) in [7, 11) is -3.78. The Labute approximate surface area is 138 Å². The molecule has 2 heterocycles. The van der Waals surface area contributed by atoms with Crippen LogP contribution in [0.15, 0.2) is 47.6 Å². The number of benzene rings is 1. The molecular formula is C15H15N3O5S. The molecule has 9 heteroatoms. The van der Waals surface area contributed by atoms with E-state index >= 15 is 0 Å². The number of nitrogens with zero attached hydrogens (tertiary/aromatic N) is 3. The van der Waals surface area contributed by atoms with Crippen molar-refractivity contribution < 1.29 is 18.1 Å². The Morgan fingerprint density at radius 3 is 2.71 bits per heavy atom. The topological polar surface area (TPSA) is 103 Å². The summed E-state index contributed by atoms with van der Waals surface area (Å²) in [5, 5.41) is 10.9. The Balaban J connectivity index is 1.74. The van der Waals surface area contributed by atoms with Crippen LogP contribution in [0.4, 0.5) is 5.69 Å². The summed E-state index contributed by atoms with van der Waals surface area (Å²) in [5.74, 6) is 0.575. The highest BCUT2D eigenvalue weighted by Gasteiger charge is 2.39. The van der Waals surface area contributed by atoms with E-state index in [0.29, 0.717) is 11.3 Å². The molecule has 1 saturated heterocycles. The second-order valence-electron chi connectivity index (χ2n) is 5.46. The molecule has 1 aliphatic heterocycles. The maximum atomic E-state index is 12.6. The lowest BCUT2D eigenvalue weighted by atomic mass is 10.2. The van der Waals surface area contributed by atoms with Gasteiger partial charge in [-0.15, -0.1) is 0 Å². The third-order valence-electron chi connectivity index (χ3n) is 3.75. The van der Waals surface area contributed by atoms with Gasteiger partial charge >= 0.3 is 0 Å². The second kappa shape index (κ2) is 6.17. The van der Waals surface area contributed by atoms with Gasteiger partial charge in [-0.3, -0.25) is 15.1 Å². The maximum absolute atomic E-state index is 12.6. The average Bonchev–Trinajstić information content (AvgIpc) is 2.51. The molecule has 1 aliphatic rings. The summed E-state index contributed by atoms with van der Waals surface area (Å²) in [5.41, 5.74) is 0.222. The molecule has 126 valence electrons. The van der Waals surface area contributed by atoms with Crippen molar-refractivity contribution in [2.24, 2.45) is 0 Å². The molecule has 24 heavy (non-hydrogen) atoms. The lowest BCUT2D eigenvalue weighted by molar-refractivity contribution is -0.385. The number of aryl methyl sites for hydroxylation is 1. The lowest BCUT2D eigenvalue weighted by Crippen LogP contribution is -2.56. The first-order valence-corrected chi connectivity index (χ1v) is 8.64. The summed E-state index contributed by atoms with van der Waals surface area (Å²) in [6, 6.07) is 7.30. The van der Waals surface area contributed by atoms with Crippen molar-refractivity contribution in [1.82, 2.24) is 9.29 Å². The third-order valence-corrected chi connectivity index (χ3v) is 5.73. The van der Waals surface area contributed by atoms with Crippen LogP contribution < -0.4 is 4.74 Å². The first-order valence-electron chi connectivity index (χ1n) is 7.20. The first kappa shape index (κ1) is 16.3. The predicted molar refractivity (Wildman–Crippen MR) is 85.2 cm³/mol. The third kappa shape index (κ3) is 3.08. The predicted octanol–water partition coefficient (Wildman–Crippen LogP) is 1.75. The van der Waals surface area contributed by atoms with Crippen LogP contribution in [-0.2, 0) is 10.0 Å².